The fraction of sp³-hybridized carbons (Fsp3) is 0.261. The number of carbonyl (C=O) groups excluding carboxylic acids is 2. The molecule has 6 nitrogen and oxygen atoms in total. The standard InChI is InChI=1S/C23H23NO5/c1-23(2,3)24(14-16-9-5-4-6-10-16)21(26)15-28-22(27)20-13-18(25)17-11-7-8-12-19(17)29-20/h4-13H,14-15H2,1-3H3. The van der Waals surface area contributed by atoms with Gasteiger partial charge < -0.3 is 14.1 Å². The van der Waals surface area contributed by atoms with Crippen LogP contribution in [0, 0.1) is 0 Å². The molecule has 3 rings (SSSR count). The average Bonchev–Trinajstić information content (AvgIpc) is 2.70. The summed E-state index contributed by atoms with van der Waals surface area (Å²) >= 11 is 0. The molecule has 1 aromatic heterocycles. The molecule has 29 heavy (non-hydrogen) atoms. The van der Waals surface area contributed by atoms with E-state index in [-0.39, 0.29) is 17.1 Å². The lowest BCUT2D eigenvalue weighted by Crippen LogP contribution is -2.46. The van der Waals surface area contributed by atoms with Crippen LogP contribution in [0.4, 0.5) is 0 Å². The molecule has 6 heteroatoms. The molecule has 0 spiro atoms. The number of hydrogen-bond acceptors (Lipinski definition) is 5. The van der Waals surface area contributed by atoms with Crippen LogP contribution in [-0.2, 0) is 16.1 Å². The van der Waals surface area contributed by atoms with Gasteiger partial charge in [0.1, 0.15) is 5.58 Å². The van der Waals surface area contributed by atoms with E-state index in [0.29, 0.717) is 17.5 Å². The maximum Gasteiger partial charge on any atom is 0.374 e. The topological polar surface area (TPSA) is 76.8 Å². The van der Waals surface area contributed by atoms with Crippen LogP contribution < -0.4 is 5.43 Å². The van der Waals surface area contributed by atoms with Crippen molar-refractivity contribution >= 4 is 22.8 Å². The van der Waals surface area contributed by atoms with Crippen molar-refractivity contribution in [2.45, 2.75) is 32.9 Å². The molecular formula is C23H23NO5. The third-order valence-electron chi connectivity index (χ3n) is 4.46. The van der Waals surface area contributed by atoms with Crippen molar-refractivity contribution in [2.24, 2.45) is 0 Å². The lowest BCUT2D eigenvalue weighted by molar-refractivity contribution is -0.140. The molecule has 1 amide bonds. The highest BCUT2D eigenvalue weighted by atomic mass is 16.5. The van der Waals surface area contributed by atoms with Gasteiger partial charge in [0.15, 0.2) is 12.0 Å². The van der Waals surface area contributed by atoms with Crippen LogP contribution in [0.3, 0.4) is 0 Å². The molecule has 0 fully saturated rings. The smallest absolute Gasteiger partial charge is 0.374 e. The number of amides is 1. The lowest BCUT2D eigenvalue weighted by atomic mass is 10.0. The molecular weight excluding hydrogens is 370 g/mol. The molecule has 0 unspecified atom stereocenters. The molecule has 0 saturated heterocycles. The van der Waals surface area contributed by atoms with Crippen LogP contribution in [0.25, 0.3) is 11.0 Å². The van der Waals surface area contributed by atoms with Gasteiger partial charge >= 0.3 is 5.97 Å². The fourth-order valence-corrected chi connectivity index (χ4v) is 2.95. The van der Waals surface area contributed by atoms with Gasteiger partial charge in [-0.15, -0.1) is 0 Å². The highest BCUT2D eigenvalue weighted by Gasteiger charge is 2.27. The summed E-state index contributed by atoms with van der Waals surface area (Å²) in [5.74, 6) is -1.42. The van der Waals surface area contributed by atoms with Crippen molar-refractivity contribution in [3.63, 3.8) is 0 Å². The Morgan fingerprint density at radius 1 is 1.00 bits per heavy atom. The molecule has 3 aromatic rings. The maximum absolute atomic E-state index is 12.8. The number of ether oxygens (including phenoxy) is 1. The molecule has 0 atom stereocenters. The molecule has 0 bridgehead atoms. The van der Waals surface area contributed by atoms with E-state index < -0.39 is 18.1 Å². The third kappa shape index (κ3) is 4.90. The van der Waals surface area contributed by atoms with Gasteiger partial charge in [0.25, 0.3) is 5.91 Å². The van der Waals surface area contributed by atoms with Gasteiger partial charge in [0.2, 0.25) is 5.76 Å². The Kier molecular flexibility index (Phi) is 5.82. The predicted octanol–water partition coefficient (Wildman–Crippen LogP) is 3.78. The number of benzene rings is 2. The van der Waals surface area contributed by atoms with Gasteiger partial charge in [-0.2, -0.15) is 0 Å². The zero-order valence-electron chi connectivity index (χ0n) is 16.7. The van der Waals surface area contributed by atoms with Gasteiger partial charge in [-0.1, -0.05) is 42.5 Å². The first-order valence-electron chi connectivity index (χ1n) is 9.30. The molecule has 2 aromatic carbocycles. The Balaban J connectivity index is 1.72. The SMILES string of the molecule is CC(C)(C)N(Cc1ccccc1)C(=O)COC(=O)c1cc(=O)c2ccccc2o1. The number of nitrogens with zero attached hydrogens (tertiary/aromatic N) is 1. The van der Waals surface area contributed by atoms with E-state index in [4.69, 9.17) is 9.15 Å². The summed E-state index contributed by atoms with van der Waals surface area (Å²) in [6.07, 6.45) is 0. The normalized spacial score (nSPS) is 11.3. The number of hydrogen-bond donors (Lipinski definition) is 0. The second kappa shape index (κ2) is 8.31. The van der Waals surface area contributed by atoms with E-state index in [2.05, 4.69) is 0 Å². The van der Waals surface area contributed by atoms with Crippen molar-refractivity contribution in [1.82, 2.24) is 4.90 Å². The monoisotopic (exact) mass is 393 g/mol. The Morgan fingerprint density at radius 3 is 2.34 bits per heavy atom. The number of para-hydroxylation sites is 1. The van der Waals surface area contributed by atoms with E-state index in [9.17, 15) is 14.4 Å². The highest BCUT2D eigenvalue weighted by molar-refractivity contribution is 5.90. The molecule has 0 saturated carbocycles. The zero-order chi connectivity index (χ0) is 21.0. The van der Waals surface area contributed by atoms with Crippen molar-refractivity contribution in [3.05, 3.63) is 82.2 Å². The zero-order valence-corrected chi connectivity index (χ0v) is 16.7. The van der Waals surface area contributed by atoms with E-state index in [1.165, 1.54) is 0 Å². The Hall–Kier alpha value is -3.41. The minimum absolute atomic E-state index is 0.230. The fourth-order valence-electron chi connectivity index (χ4n) is 2.95. The summed E-state index contributed by atoms with van der Waals surface area (Å²) in [5, 5.41) is 0.377. The summed E-state index contributed by atoms with van der Waals surface area (Å²) in [5.41, 5.74) is 0.460. The summed E-state index contributed by atoms with van der Waals surface area (Å²) in [6, 6.07) is 17.3. The van der Waals surface area contributed by atoms with E-state index >= 15 is 0 Å². The highest BCUT2D eigenvalue weighted by Crippen LogP contribution is 2.18. The number of esters is 1. The molecule has 0 aliphatic rings. The van der Waals surface area contributed by atoms with Crippen LogP contribution >= 0.6 is 0 Å². The maximum atomic E-state index is 12.8. The number of fused-ring (bicyclic) bond motifs is 1. The first-order chi connectivity index (χ1) is 13.8. The summed E-state index contributed by atoms with van der Waals surface area (Å²) in [6.45, 7) is 5.69. The van der Waals surface area contributed by atoms with Crippen LogP contribution in [0.2, 0.25) is 0 Å². The molecule has 0 N–H and O–H groups in total. The van der Waals surface area contributed by atoms with Crippen LogP contribution in [-0.4, -0.2) is 28.9 Å². The van der Waals surface area contributed by atoms with Gasteiger partial charge in [-0.3, -0.25) is 9.59 Å². The van der Waals surface area contributed by atoms with Gasteiger partial charge in [0.05, 0.1) is 5.39 Å². The quantitative estimate of drug-likeness (QED) is 0.617. The number of rotatable bonds is 5. The van der Waals surface area contributed by atoms with E-state index in [1.54, 1.807) is 29.2 Å². The summed E-state index contributed by atoms with van der Waals surface area (Å²) in [7, 11) is 0. The van der Waals surface area contributed by atoms with Gasteiger partial charge in [-0.05, 0) is 38.5 Å². The number of carbonyl (C=O) groups is 2. The second-order valence-corrected chi connectivity index (χ2v) is 7.68. The molecule has 150 valence electrons. The molecule has 0 aliphatic heterocycles. The third-order valence-corrected chi connectivity index (χ3v) is 4.46. The van der Waals surface area contributed by atoms with E-state index in [0.717, 1.165) is 11.6 Å². The largest absolute Gasteiger partial charge is 0.450 e. The minimum Gasteiger partial charge on any atom is -0.450 e. The summed E-state index contributed by atoms with van der Waals surface area (Å²) < 4.78 is 10.6. The van der Waals surface area contributed by atoms with E-state index in [1.807, 2.05) is 51.1 Å². The average molecular weight is 393 g/mol. The van der Waals surface area contributed by atoms with Crippen LogP contribution in [0.5, 0.6) is 0 Å². The second-order valence-electron chi connectivity index (χ2n) is 7.68. The van der Waals surface area contributed by atoms with Crippen LogP contribution in [0.15, 0.2) is 69.9 Å². The Morgan fingerprint density at radius 2 is 1.66 bits per heavy atom. The van der Waals surface area contributed by atoms with Crippen molar-refractivity contribution in [2.75, 3.05) is 6.61 Å². The minimum atomic E-state index is -0.852. The first kappa shape index (κ1) is 20.3. The molecule has 0 aliphatic carbocycles. The van der Waals surface area contributed by atoms with Crippen molar-refractivity contribution in [3.8, 4) is 0 Å². The van der Waals surface area contributed by atoms with Crippen molar-refractivity contribution < 1.29 is 18.7 Å². The molecule has 0 radical (unpaired) electrons. The summed E-state index contributed by atoms with van der Waals surface area (Å²) in [4.78, 5) is 38.9. The van der Waals surface area contributed by atoms with Crippen LogP contribution in [0.1, 0.15) is 36.9 Å². The lowest BCUT2D eigenvalue weighted by Gasteiger charge is -2.35. The molecule has 1 heterocycles. The van der Waals surface area contributed by atoms with Gasteiger partial charge in [0, 0.05) is 18.2 Å². The Bertz CT molecular complexity index is 1080. The first-order valence-corrected chi connectivity index (χ1v) is 9.30. The van der Waals surface area contributed by atoms with Gasteiger partial charge in [-0.25, -0.2) is 4.79 Å². The van der Waals surface area contributed by atoms with Crippen molar-refractivity contribution in [1.29, 1.82) is 0 Å². The Labute approximate surface area is 168 Å². The predicted molar refractivity (Wildman–Crippen MR) is 110 cm³/mol.